The van der Waals surface area contributed by atoms with Crippen LogP contribution in [0.2, 0.25) is 0 Å². The SMILES string of the molecule is Nc1[nH]ncc1-c1cc(O)cc(C(F)(F)F)c1O. The molecule has 96 valence electrons. The molecule has 0 spiro atoms. The number of benzene rings is 1. The van der Waals surface area contributed by atoms with Crippen molar-refractivity contribution in [2.75, 3.05) is 5.73 Å². The maximum atomic E-state index is 12.6. The Morgan fingerprint density at radius 2 is 1.83 bits per heavy atom. The lowest BCUT2D eigenvalue weighted by Crippen LogP contribution is -2.05. The van der Waals surface area contributed by atoms with Gasteiger partial charge in [0.15, 0.2) is 0 Å². The van der Waals surface area contributed by atoms with E-state index in [0.717, 1.165) is 12.3 Å². The van der Waals surface area contributed by atoms with Gasteiger partial charge in [-0.15, -0.1) is 0 Å². The molecular weight excluding hydrogens is 251 g/mol. The van der Waals surface area contributed by atoms with Crippen molar-refractivity contribution in [1.82, 2.24) is 10.2 Å². The summed E-state index contributed by atoms with van der Waals surface area (Å²) in [5, 5.41) is 24.8. The van der Waals surface area contributed by atoms with Gasteiger partial charge in [-0.25, -0.2) is 0 Å². The van der Waals surface area contributed by atoms with Crippen molar-refractivity contribution in [3.05, 3.63) is 23.9 Å². The van der Waals surface area contributed by atoms with Gasteiger partial charge < -0.3 is 15.9 Å². The number of nitrogens with zero attached hydrogens (tertiary/aromatic N) is 1. The summed E-state index contributed by atoms with van der Waals surface area (Å²) >= 11 is 0. The summed E-state index contributed by atoms with van der Waals surface area (Å²) in [6.07, 6.45) is -3.62. The Hall–Kier alpha value is -2.38. The molecule has 0 saturated heterocycles. The van der Waals surface area contributed by atoms with Crippen molar-refractivity contribution < 1.29 is 23.4 Å². The van der Waals surface area contributed by atoms with E-state index >= 15 is 0 Å². The van der Waals surface area contributed by atoms with Gasteiger partial charge in [-0.3, -0.25) is 5.10 Å². The summed E-state index contributed by atoms with van der Waals surface area (Å²) in [5.41, 5.74) is 3.96. The van der Waals surface area contributed by atoms with Crippen LogP contribution < -0.4 is 5.73 Å². The summed E-state index contributed by atoms with van der Waals surface area (Å²) in [7, 11) is 0. The number of phenols is 2. The molecule has 0 saturated carbocycles. The van der Waals surface area contributed by atoms with Crippen molar-refractivity contribution >= 4 is 5.82 Å². The first-order chi connectivity index (χ1) is 8.30. The number of nitrogens with two attached hydrogens (primary N) is 1. The molecule has 18 heavy (non-hydrogen) atoms. The maximum absolute atomic E-state index is 12.6. The number of hydrogen-bond acceptors (Lipinski definition) is 4. The first-order valence-electron chi connectivity index (χ1n) is 4.73. The van der Waals surface area contributed by atoms with Crippen LogP contribution in [0.1, 0.15) is 5.56 Å². The zero-order chi connectivity index (χ0) is 13.5. The van der Waals surface area contributed by atoms with E-state index in [0.29, 0.717) is 6.07 Å². The highest BCUT2D eigenvalue weighted by molar-refractivity contribution is 5.80. The molecule has 5 nitrogen and oxygen atoms in total. The normalized spacial score (nSPS) is 11.7. The number of aromatic hydroxyl groups is 2. The van der Waals surface area contributed by atoms with Gasteiger partial charge in [0.1, 0.15) is 22.9 Å². The fourth-order valence-electron chi connectivity index (χ4n) is 1.55. The molecule has 1 aromatic carbocycles. The molecule has 5 N–H and O–H groups in total. The van der Waals surface area contributed by atoms with E-state index < -0.39 is 23.2 Å². The van der Waals surface area contributed by atoms with Crippen molar-refractivity contribution in [2.45, 2.75) is 6.18 Å². The molecule has 0 bridgehead atoms. The third-order valence-electron chi connectivity index (χ3n) is 2.36. The molecule has 0 aliphatic heterocycles. The summed E-state index contributed by atoms with van der Waals surface area (Å²) in [6, 6.07) is 1.42. The Labute approximate surface area is 98.7 Å². The van der Waals surface area contributed by atoms with Crippen LogP contribution >= 0.6 is 0 Å². The number of hydrogen-bond donors (Lipinski definition) is 4. The highest BCUT2D eigenvalue weighted by atomic mass is 19.4. The van der Waals surface area contributed by atoms with Crippen molar-refractivity contribution in [3.63, 3.8) is 0 Å². The predicted molar refractivity (Wildman–Crippen MR) is 56.8 cm³/mol. The lowest BCUT2D eigenvalue weighted by molar-refractivity contribution is -0.138. The van der Waals surface area contributed by atoms with E-state index in [1.165, 1.54) is 0 Å². The Bertz CT molecular complexity index is 593. The molecule has 0 aliphatic carbocycles. The van der Waals surface area contributed by atoms with Crippen LogP contribution in [0.4, 0.5) is 19.0 Å². The third kappa shape index (κ3) is 1.92. The van der Waals surface area contributed by atoms with Crippen molar-refractivity contribution in [3.8, 4) is 22.6 Å². The second kappa shape index (κ2) is 3.83. The summed E-state index contributed by atoms with van der Waals surface area (Å²) in [6.45, 7) is 0. The number of alkyl halides is 3. The quantitative estimate of drug-likeness (QED) is 0.590. The second-order valence-electron chi connectivity index (χ2n) is 3.58. The number of anilines is 1. The van der Waals surface area contributed by atoms with E-state index in [1.807, 2.05) is 0 Å². The smallest absolute Gasteiger partial charge is 0.420 e. The van der Waals surface area contributed by atoms with Crippen LogP contribution in [0.3, 0.4) is 0 Å². The predicted octanol–water partition coefficient (Wildman–Crippen LogP) is 2.09. The van der Waals surface area contributed by atoms with Crippen LogP contribution in [-0.4, -0.2) is 20.4 Å². The van der Waals surface area contributed by atoms with E-state index in [4.69, 9.17) is 5.73 Å². The Morgan fingerprint density at radius 1 is 1.17 bits per heavy atom. The van der Waals surface area contributed by atoms with Gasteiger partial charge in [0.05, 0.1) is 6.20 Å². The zero-order valence-corrected chi connectivity index (χ0v) is 8.78. The molecular formula is C10H8F3N3O2. The monoisotopic (exact) mass is 259 g/mol. The summed E-state index contributed by atoms with van der Waals surface area (Å²) in [5.74, 6) is -1.65. The first kappa shape index (κ1) is 12.1. The van der Waals surface area contributed by atoms with Crippen LogP contribution in [0.15, 0.2) is 18.3 Å². The van der Waals surface area contributed by atoms with Gasteiger partial charge in [0, 0.05) is 11.1 Å². The lowest BCUT2D eigenvalue weighted by atomic mass is 10.0. The van der Waals surface area contributed by atoms with Gasteiger partial charge in [0.25, 0.3) is 0 Å². The Kier molecular flexibility index (Phi) is 2.57. The third-order valence-corrected chi connectivity index (χ3v) is 2.36. The van der Waals surface area contributed by atoms with Crippen LogP contribution in [0.5, 0.6) is 11.5 Å². The number of H-pyrrole nitrogens is 1. The van der Waals surface area contributed by atoms with Gasteiger partial charge in [-0.1, -0.05) is 0 Å². The van der Waals surface area contributed by atoms with Crippen LogP contribution in [0.25, 0.3) is 11.1 Å². The van der Waals surface area contributed by atoms with E-state index in [1.54, 1.807) is 0 Å². The molecule has 0 atom stereocenters. The number of aromatic nitrogens is 2. The van der Waals surface area contributed by atoms with Crippen LogP contribution in [-0.2, 0) is 6.18 Å². The summed E-state index contributed by atoms with van der Waals surface area (Å²) < 4.78 is 37.9. The fourth-order valence-corrected chi connectivity index (χ4v) is 1.55. The number of phenolic OH excluding ortho intramolecular Hbond substituents is 2. The first-order valence-corrected chi connectivity index (χ1v) is 4.73. The number of halogens is 3. The standard InChI is InChI=1S/C10H8F3N3O2/c11-10(12,13)7-2-4(17)1-5(8(7)18)6-3-15-16-9(6)14/h1-3,17-18H,(H3,14,15,16). The minimum absolute atomic E-state index is 0.0102. The molecule has 2 aromatic rings. The minimum atomic E-state index is -4.78. The fraction of sp³-hybridized carbons (Fsp3) is 0.100. The number of nitrogen functional groups attached to an aromatic ring is 1. The minimum Gasteiger partial charge on any atom is -0.508 e. The lowest BCUT2D eigenvalue weighted by Gasteiger charge is -2.12. The average Bonchev–Trinajstić information content (AvgIpc) is 2.66. The van der Waals surface area contributed by atoms with Gasteiger partial charge in [-0.2, -0.15) is 18.3 Å². The number of aromatic amines is 1. The molecule has 0 aliphatic rings. The van der Waals surface area contributed by atoms with E-state index in [-0.39, 0.29) is 16.9 Å². The molecule has 0 unspecified atom stereocenters. The second-order valence-corrected chi connectivity index (χ2v) is 3.58. The molecule has 0 radical (unpaired) electrons. The molecule has 1 heterocycles. The topological polar surface area (TPSA) is 95.2 Å². The largest absolute Gasteiger partial charge is 0.508 e. The maximum Gasteiger partial charge on any atom is 0.420 e. The van der Waals surface area contributed by atoms with Crippen LogP contribution in [0, 0.1) is 0 Å². The Balaban J connectivity index is 2.70. The summed E-state index contributed by atoms with van der Waals surface area (Å²) in [4.78, 5) is 0. The molecule has 0 amide bonds. The van der Waals surface area contributed by atoms with E-state index in [2.05, 4.69) is 10.2 Å². The van der Waals surface area contributed by atoms with Gasteiger partial charge >= 0.3 is 6.18 Å². The zero-order valence-electron chi connectivity index (χ0n) is 8.78. The Morgan fingerprint density at radius 3 is 2.33 bits per heavy atom. The van der Waals surface area contributed by atoms with Gasteiger partial charge in [0.2, 0.25) is 0 Å². The van der Waals surface area contributed by atoms with Crippen molar-refractivity contribution in [2.24, 2.45) is 0 Å². The number of rotatable bonds is 1. The van der Waals surface area contributed by atoms with E-state index in [9.17, 15) is 23.4 Å². The van der Waals surface area contributed by atoms with Crippen molar-refractivity contribution in [1.29, 1.82) is 0 Å². The molecule has 8 heteroatoms. The van der Waals surface area contributed by atoms with Gasteiger partial charge in [-0.05, 0) is 12.1 Å². The molecule has 0 fully saturated rings. The average molecular weight is 259 g/mol. The highest BCUT2D eigenvalue weighted by Gasteiger charge is 2.36. The number of nitrogens with one attached hydrogen (secondary N) is 1. The molecule has 1 aromatic heterocycles. The highest BCUT2D eigenvalue weighted by Crippen LogP contribution is 2.44. The molecule has 2 rings (SSSR count).